The Morgan fingerprint density at radius 3 is 2.69 bits per heavy atom. The van der Waals surface area contributed by atoms with Crippen molar-refractivity contribution in [2.24, 2.45) is 7.05 Å². The maximum Gasteiger partial charge on any atom is 0.247 e. The molecule has 32 heavy (non-hydrogen) atoms. The van der Waals surface area contributed by atoms with E-state index in [-0.39, 0.29) is 0 Å². The summed E-state index contributed by atoms with van der Waals surface area (Å²) in [6.07, 6.45) is 8.11. The van der Waals surface area contributed by atoms with E-state index in [4.69, 9.17) is 10.2 Å². The van der Waals surface area contributed by atoms with Gasteiger partial charge in [-0.2, -0.15) is 15.2 Å². The first-order chi connectivity index (χ1) is 15.6. The first kappa shape index (κ1) is 19.0. The second kappa shape index (κ2) is 7.45. The molecule has 5 aromatic rings. The van der Waals surface area contributed by atoms with Crippen molar-refractivity contribution in [3.8, 4) is 11.3 Å². The molecule has 1 aliphatic heterocycles. The lowest BCUT2D eigenvalue weighted by Crippen LogP contribution is -2.31. The maximum absolute atomic E-state index is 4.86. The van der Waals surface area contributed by atoms with Gasteiger partial charge in [-0.3, -0.25) is 9.36 Å². The first-order valence-corrected chi connectivity index (χ1v) is 10.9. The lowest BCUT2D eigenvalue weighted by Gasteiger charge is -2.28. The molecule has 0 saturated carbocycles. The maximum atomic E-state index is 4.86. The highest BCUT2D eigenvalue weighted by molar-refractivity contribution is 5.84. The standard InChI is InChI=1S/C23H25N9/c1-29-10-8-19(9-11-29)31-14-17-12-16(6-7-20(17)27-31)21-4-3-5-22-26-23(28-32(21)22)25-18-13-24-30(2)15-18/h3-7,12-15,19H,8-11H2,1-2H3,(H,25,28). The molecule has 162 valence electrons. The van der Waals surface area contributed by atoms with E-state index in [9.17, 15) is 0 Å². The molecule has 0 radical (unpaired) electrons. The average molecular weight is 428 g/mol. The summed E-state index contributed by atoms with van der Waals surface area (Å²) < 4.78 is 5.78. The van der Waals surface area contributed by atoms with Crippen LogP contribution in [0.2, 0.25) is 0 Å². The minimum atomic E-state index is 0.474. The molecule has 1 aromatic carbocycles. The molecule has 1 saturated heterocycles. The molecule has 0 unspecified atom stereocenters. The smallest absolute Gasteiger partial charge is 0.247 e. The summed E-state index contributed by atoms with van der Waals surface area (Å²) in [5.41, 5.74) is 4.74. The van der Waals surface area contributed by atoms with E-state index in [0.29, 0.717) is 12.0 Å². The van der Waals surface area contributed by atoms with Crippen LogP contribution in [0.5, 0.6) is 0 Å². The normalized spacial score (nSPS) is 15.7. The average Bonchev–Trinajstić information content (AvgIpc) is 3.51. The van der Waals surface area contributed by atoms with Gasteiger partial charge >= 0.3 is 0 Å². The van der Waals surface area contributed by atoms with Crippen molar-refractivity contribution >= 4 is 28.2 Å². The zero-order valence-corrected chi connectivity index (χ0v) is 18.2. The molecule has 0 amide bonds. The predicted octanol–water partition coefficient (Wildman–Crippen LogP) is 3.49. The van der Waals surface area contributed by atoms with Gasteiger partial charge in [0, 0.05) is 30.4 Å². The summed E-state index contributed by atoms with van der Waals surface area (Å²) >= 11 is 0. The van der Waals surface area contributed by atoms with Gasteiger partial charge in [-0.15, -0.1) is 5.10 Å². The third-order valence-corrected chi connectivity index (χ3v) is 6.20. The van der Waals surface area contributed by atoms with Crippen LogP contribution in [0.4, 0.5) is 11.6 Å². The second-order valence-electron chi connectivity index (χ2n) is 8.56. The number of aromatic nitrogens is 7. The number of nitrogens with one attached hydrogen (secondary N) is 1. The van der Waals surface area contributed by atoms with Crippen molar-refractivity contribution in [1.29, 1.82) is 0 Å². The van der Waals surface area contributed by atoms with Crippen LogP contribution in [0.25, 0.3) is 27.8 Å². The van der Waals surface area contributed by atoms with E-state index in [2.05, 4.69) is 62.5 Å². The number of piperidine rings is 1. The number of anilines is 2. The molecular formula is C23H25N9. The SMILES string of the molecule is CN1CCC(n2cc3cc(-c4cccc5nc(Nc6cnn(C)c6)nn45)ccc3n2)CC1. The summed E-state index contributed by atoms with van der Waals surface area (Å²) in [6, 6.07) is 12.9. The van der Waals surface area contributed by atoms with Crippen molar-refractivity contribution in [3.63, 3.8) is 0 Å². The fourth-order valence-electron chi connectivity index (χ4n) is 4.44. The molecule has 4 aromatic heterocycles. The molecule has 1 N–H and O–H groups in total. The second-order valence-corrected chi connectivity index (χ2v) is 8.56. The number of nitrogens with zero attached hydrogens (tertiary/aromatic N) is 8. The summed E-state index contributed by atoms with van der Waals surface area (Å²) in [5.74, 6) is 0.543. The van der Waals surface area contributed by atoms with Gasteiger partial charge in [-0.05, 0) is 57.2 Å². The fourth-order valence-corrected chi connectivity index (χ4v) is 4.44. The Labute approximate surface area is 185 Å². The largest absolute Gasteiger partial charge is 0.320 e. The van der Waals surface area contributed by atoms with Crippen molar-refractivity contribution < 1.29 is 0 Å². The van der Waals surface area contributed by atoms with Crippen molar-refractivity contribution in [3.05, 3.63) is 55.0 Å². The Kier molecular flexibility index (Phi) is 4.43. The Bertz CT molecular complexity index is 1400. The minimum Gasteiger partial charge on any atom is -0.320 e. The third kappa shape index (κ3) is 3.40. The molecule has 0 atom stereocenters. The van der Waals surface area contributed by atoms with Crippen LogP contribution >= 0.6 is 0 Å². The molecule has 1 fully saturated rings. The summed E-state index contributed by atoms with van der Waals surface area (Å²) in [7, 11) is 4.07. The topological polar surface area (TPSA) is 81.1 Å². The summed E-state index contributed by atoms with van der Waals surface area (Å²) in [4.78, 5) is 7.00. The van der Waals surface area contributed by atoms with Crippen molar-refractivity contribution in [2.45, 2.75) is 18.9 Å². The van der Waals surface area contributed by atoms with Gasteiger partial charge in [0.05, 0.1) is 29.1 Å². The van der Waals surface area contributed by atoms with Crippen molar-refractivity contribution in [2.75, 3.05) is 25.5 Å². The molecule has 9 heteroatoms. The van der Waals surface area contributed by atoms with E-state index < -0.39 is 0 Å². The quantitative estimate of drug-likeness (QED) is 0.473. The number of benzene rings is 1. The van der Waals surface area contributed by atoms with Gasteiger partial charge in [0.2, 0.25) is 5.95 Å². The zero-order valence-electron chi connectivity index (χ0n) is 18.2. The van der Waals surface area contributed by atoms with E-state index in [1.54, 1.807) is 10.9 Å². The molecule has 1 aliphatic rings. The molecule has 9 nitrogen and oxygen atoms in total. The Morgan fingerprint density at radius 2 is 1.88 bits per heavy atom. The number of hydrogen-bond acceptors (Lipinski definition) is 6. The highest BCUT2D eigenvalue weighted by Crippen LogP contribution is 2.28. The summed E-state index contributed by atoms with van der Waals surface area (Å²) in [6.45, 7) is 2.24. The van der Waals surface area contributed by atoms with Crippen LogP contribution in [-0.4, -0.2) is 59.2 Å². The number of pyridine rings is 1. The van der Waals surface area contributed by atoms with Crippen molar-refractivity contribution in [1.82, 2.24) is 39.1 Å². The van der Waals surface area contributed by atoms with Gasteiger partial charge in [-0.25, -0.2) is 4.52 Å². The molecular weight excluding hydrogens is 402 g/mol. The molecule has 5 heterocycles. The number of fused-ring (bicyclic) bond motifs is 2. The lowest BCUT2D eigenvalue weighted by atomic mass is 10.1. The van der Waals surface area contributed by atoms with Crippen LogP contribution in [0.15, 0.2) is 55.0 Å². The Balaban J connectivity index is 1.34. The third-order valence-electron chi connectivity index (χ3n) is 6.20. The highest BCUT2D eigenvalue weighted by atomic mass is 15.4. The van der Waals surface area contributed by atoms with Gasteiger partial charge < -0.3 is 10.2 Å². The monoisotopic (exact) mass is 427 g/mol. The van der Waals surface area contributed by atoms with Gasteiger partial charge in [0.15, 0.2) is 5.65 Å². The van der Waals surface area contributed by atoms with E-state index in [1.807, 2.05) is 29.9 Å². The number of hydrogen-bond donors (Lipinski definition) is 1. The van der Waals surface area contributed by atoms with E-state index >= 15 is 0 Å². The van der Waals surface area contributed by atoms with E-state index in [1.165, 1.54) is 0 Å². The van der Waals surface area contributed by atoms with Gasteiger partial charge in [0.25, 0.3) is 0 Å². The highest BCUT2D eigenvalue weighted by Gasteiger charge is 2.19. The number of likely N-dealkylation sites (tertiary alicyclic amines) is 1. The molecule has 0 aliphatic carbocycles. The van der Waals surface area contributed by atoms with Gasteiger partial charge in [-0.1, -0.05) is 12.1 Å². The summed E-state index contributed by atoms with van der Waals surface area (Å²) in [5, 5.41) is 18.1. The zero-order chi connectivity index (χ0) is 21.7. The van der Waals surface area contributed by atoms with Crippen LogP contribution in [0.3, 0.4) is 0 Å². The van der Waals surface area contributed by atoms with Gasteiger partial charge in [0.1, 0.15) is 0 Å². The predicted molar refractivity (Wildman–Crippen MR) is 124 cm³/mol. The van der Waals surface area contributed by atoms with Crippen LogP contribution in [0.1, 0.15) is 18.9 Å². The Hall–Kier alpha value is -3.72. The number of rotatable bonds is 4. The van der Waals surface area contributed by atoms with Crippen LogP contribution in [-0.2, 0) is 7.05 Å². The van der Waals surface area contributed by atoms with Crippen LogP contribution < -0.4 is 5.32 Å². The van der Waals surface area contributed by atoms with Crippen LogP contribution in [0, 0.1) is 0 Å². The fraction of sp³-hybridized carbons (Fsp3) is 0.304. The lowest BCUT2D eigenvalue weighted by molar-refractivity contribution is 0.213. The van der Waals surface area contributed by atoms with E-state index in [0.717, 1.165) is 59.4 Å². The molecule has 0 bridgehead atoms. The first-order valence-electron chi connectivity index (χ1n) is 10.9. The minimum absolute atomic E-state index is 0.474. The Morgan fingerprint density at radius 1 is 1.00 bits per heavy atom. The number of aryl methyl sites for hydroxylation is 1. The molecule has 6 rings (SSSR count). The molecule has 0 spiro atoms.